The van der Waals surface area contributed by atoms with Gasteiger partial charge in [-0.05, 0) is 44.2 Å². The van der Waals surface area contributed by atoms with Crippen LogP contribution in [0.25, 0.3) is 0 Å². The molecule has 3 aliphatic rings. The highest BCUT2D eigenvalue weighted by Crippen LogP contribution is 2.60. The molecule has 3 fully saturated rings. The first-order valence-electron chi connectivity index (χ1n) is 7.96. The summed E-state index contributed by atoms with van der Waals surface area (Å²) in [5.74, 6) is 0.155. The van der Waals surface area contributed by atoms with Gasteiger partial charge < -0.3 is 0 Å². The lowest BCUT2D eigenvalue weighted by Gasteiger charge is -2.48. The van der Waals surface area contributed by atoms with Gasteiger partial charge in [-0.1, -0.05) is 27.2 Å². The molecule has 20 heavy (non-hydrogen) atoms. The number of amides is 2. The van der Waals surface area contributed by atoms with Gasteiger partial charge in [0.2, 0.25) is 11.8 Å². The normalized spacial score (nSPS) is 37.5. The maximum Gasteiger partial charge on any atom is 0.236 e. The first kappa shape index (κ1) is 14.1. The van der Waals surface area contributed by atoms with E-state index < -0.39 is 0 Å². The highest BCUT2D eigenvalue weighted by atomic mass is 16.2. The Kier molecular flexibility index (Phi) is 3.20. The van der Waals surface area contributed by atoms with Crippen LogP contribution in [0.3, 0.4) is 0 Å². The number of carbonyl (C=O) groups is 2. The topological polar surface area (TPSA) is 40.6 Å². The molecule has 0 aromatic heterocycles. The van der Waals surface area contributed by atoms with Crippen molar-refractivity contribution < 1.29 is 9.59 Å². The Bertz CT molecular complexity index is 440. The van der Waals surface area contributed by atoms with Gasteiger partial charge in [0.15, 0.2) is 0 Å². The second-order valence-corrected chi connectivity index (χ2v) is 7.54. The summed E-state index contributed by atoms with van der Waals surface area (Å²) in [6.07, 6.45) is 5.35. The molecule has 2 heterocycles. The molecule has 2 amide bonds. The van der Waals surface area contributed by atoms with Crippen LogP contribution in [0.4, 0.5) is 0 Å². The van der Waals surface area contributed by atoms with E-state index in [9.17, 15) is 9.59 Å². The molecule has 0 N–H and O–H groups in total. The van der Waals surface area contributed by atoms with Crippen LogP contribution in [0.5, 0.6) is 0 Å². The second kappa shape index (κ2) is 4.55. The smallest absolute Gasteiger partial charge is 0.236 e. The van der Waals surface area contributed by atoms with Crippen LogP contribution in [0, 0.1) is 16.7 Å². The van der Waals surface area contributed by atoms with Gasteiger partial charge in [0.05, 0.1) is 12.1 Å². The lowest BCUT2D eigenvalue weighted by molar-refractivity contribution is -0.170. The fourth-order valence-corrected chi connectivity index (χ4v) is 4.34. The van der Waals surface area contributed by atoms with Gasteiger partial charge in [0.25, 0.3) is 0 Å². The van der Waals surface area contributed by atoms with E-state index in [1.54, 1.807) is 4.90 Å². The Morgan fingerprint density at radius 1 is 1.10 bits per heavy atom. The molecule has 0 unspecified atom stereocenters. The number of rotatable bonds is 2. The Balaban J connectivity index is 1.83. The lowest BCUT2D eigenvalue weighted by atomic mass is 9.62. The summed E-state index contributed by atoms with van der Waals surface area (Å²) in [4.78, 5) is 29.4. The van der Waals surface area contributed by atoms with Crippen LogP contribution >= 0.6 is 0 Å². The Morgan fingerprint density at radius 3 is 2.40 bits per heavy atom. The molecule has 0 spiro atoms. The lowest BCUT2D eigenvalue weighted by Crippen LogP contribution is -2.61. The number of carbonyl (C=O) groups excluding carboxylic acids is 2. The summed E-state index contributed by atoms with van der Waals surface area (Å²) in [7, 11) is 0. The summed E-state index contributed by atoms with van der Waals surface area (Å²) in [6.45, 7) is 8.80. The van der Waals surface area contributed by atoms with E-state index in [2.05, 4.69) is 25.7 Å². The molecule has 2 aliphatic heterocycles. The molecule has 0 aromatic carbocycles. The highest BCUT2D eigenvalue weighted by Gasteiger charge is 2.64. The molecule has 1 saturated carbocycles. The molecule has 4 nitrogen and oxygen atoms in total. The molecule has 3 rings (SSSR count). The van der Waals surface area contributed by atoms with Crippen LogP contribution in [0.1, 0.15) is 52.9 Å². The van der Waals surface area contributed by atoms with Crippen molar-refractivity contribution >= 4 is 11.8 Å². The zero-order valence-corrected chi connectivity index (χ0v) is 12.9. The van der Waals surface area contributed by atoms with E-state index in [4.69, 9.17) is 0 Å². The van der Waals surface area contributed by atoms with Crippen molar-refractivity contribution in [3.05, 3.63) is 0 Å². The van der Waals surface area contributed by atoms with E-state index in [-0.39, 0.29) is 28.6 Å². The van der Waals surface area contributed by atoms with E-state index in [0.717, 1.165) is 25.9 Å². The van der Waals surface area contributed by atoms with Crippen molar-refractivity contribution in [3.8, 4) is 0 Å². The maximum absolute atomic E-state index is 12.9. The first-order valence-corrected chi connectivity index (χ1v) is 7.96. The zero-order chi connectivity index (χ0) is 14.5. The number of likely N-dealkylation sites (tertiary alicyclic amines) is 2. The average Bonchev–Trinajstić information content (AvgIpc) is 2.61. The summed E-state index contributed by atoms with van der Waals surface area (Å²) >= 11 is 0. The Morgan fingerprint density at radius 2 is 1.75 bits per heavy atom. The van der Waals surface area contributed by atoms with Gasteiger partial charge in [-0.15, -0.1) is 0 Å². The van der Waals surface area contributed by atoms with Crippen LogP contribution in [-0.2, 0) is 9.59 Å². The minimum absolute atomic E-state index is 0.0231. The number of imide groups is 1. The number of hydrogen-bond acceptors (Lipinski definition) is 3. The second-order valence-electron chi connectivity index (χ2n) is 7.54. The molecule has 2 atom stereocenters. The first-order chi connectivity index (χ1) is 9.38. The predicted molar refractivity (Wildman–Crippen MR) is 76.8 cm³/mol. The standard InChI is InChI=1S/C16H26N2O2/c1-15(2)12-7-8-16(15,3)14(20)18(13(12)19)11-17-9-5-4-6-10-17/h12H,4-11H2,1-3H3/t12-,16-/m1/s1. The zero-order valence-electron chi connectivity index (χ0n) is 12.9. The van der Waals surface area contributed by atoms with Crippen molar-refractivity contribution in [2.24, 2.45) is 16.7 Å². The van der Waals surface area contributed by atoms with E-state index >= 15 is 0 Å². The van der Waals surface area contributed by atoms with Gasteiger partial charge in [-0.25, -0.2) is 0 Å². The molecule has 4 heteroatoms. The minimum Gasteiger partial charge on any atom is -0.286 e. The molecule has 0 radical (unpaired) electrons. The van der Waals surface area contributed by atoms with Crippen molar-refractivity contribution in [2.45, 2.75) is 52.9 Å². The Labute approximate surface area is 121 Å². The quantitative estimate of drug-likeness (QED) is 0.727. The number of hydrogen-bond donors (Lipinski definition) is 0. The third-order valence-corrected chi connectivity index (χ3v) is 6.30. The summed E-state index contributed by atoms with van der Waals surface area (Å²) < 4.78 is 0. The third-order valence-electron chi connectivity index (χ3n) is 6.30. The molecule has 1 aliphatic carbocycles. The molecule has 0 aromatic rings. The van der Waals surface area contributed by atoms with Crippen molar-refractivity contribution in [1.29, 1.82) is 0 Å². The van der Waals surface area contributed by atoms with Gasteiger partial charge in [-0.3, -0.25) is 19.4 Å². The molecular formula is C16H26N2O2. The summed E-state index contributed by atoms with van der Waals surface area (Å²) in [5, 5.41) is 0. The number of piperidine rings is 2. The number of nitrogens with zero attached hydrogens (tertiary/aromatic N) is 2. The monoisotopic (exact) mass is 278 g/mol. The molecule has 112 valence electrons. The fourth-order valence-electron chi connectivity index (χ4n) is 4.34. The van der Waals surface area contributed by atoms with Crippen LogP contribution < -0.4 is 0 Å². The third kappa shape index (κ3) is 1.77. The maximum atomic E-state index is 12.9. The molecule has 2 saturated heterocycles. The Hall–Kier alpha value is -0.900. The van der Waals surface area contributed by atoms with Crippen molar-refractivity contribution in [3.63, 3.8) is 0 Å². The van der Waals surface area contributed by atoms with Crippen LogP contribution in [0.2, 0.25) is 0 Å². The fraction of sp³-hybridized carbons (Fsp3) is 0.875. The van der Waals surface area contributed by atoms with E-state index in [0.29, 0.717) is 6.67 Å². The van der Waals surface area contributed by atoms with Crippen LogP contribution in [-0.4, -0.2) is 41.4 Å². The van der Waals surface area contributed by atoms with Gasteiger partial charge in [-0.2, -0.15) is 0 Å². The molecular weight excluding hydrogens is 252 g/mol. The van der Waals surface area contributed by atoms with Crippen molar-refractivity contribution in [2.75, 3.05) is 19.8 Å². The van der Waals surface area contributed by atoms with E-state index in [1.807, 2.05) is 0 Å². The van der Waals surface area contributed by atoms with Gasteiger partial charge in [0, 0.05) is 5.92 Å². The SMILES string of the molecule is CC1(C)[C@@H]2CC[C@]1(C)C(=O)N(CN1CCCCC1)C2=O. The summed E-state index contributed by atoms with van der Waals surface area (Å²) in [5.41, 5.74) is -0.555. The highest BCUT2D eigenvalue weighted by molar-refractivity contribution is 6.03. The van der Waals surface area contributed by atoms with Crippen molar-refractivity contribution in [1.82, 2.24) is 9.80 Å². The van der Waals surface area contributed by atoms with Crippen LogP contribution in [0.15, 0.2) is 0 Å². The largest absolute Gasteiger partial charge is 0.286 e. The minimum atomic E-state index is -0.360. The van der Waals surface area contributed by atoms with Gasteiger partial charge >= 0.3 is 0 Å². The number of fused-ring (bicyclic) bond motifs is 2. The molecule has 2 bridgehead atoms. The predicted octanol–water partition coefficient (Wildman–Crippen LogP) is 2.24. The van der Waals surface area contributed by atoms with Gasteiger partial charge in [0.1, 0.15) is 0 Å². The summed E-state index contributed by atoms with van der Waals surface area (Å²) in [6, 6.07) is 0. The average molecular weight is 278 g/mol. The van der Waals surface area contributed by atoms with E-state index in [1.165, 1.54) is 19.3 Å².